The second-order valence-corrected chi connectivity index (χ2v) is 8.56. The molecule has 0 radical (unpaired) electrons. The molecule has 0 aliphatic carbocycles. The maximum absolute atomic E-state index is 6.39. The number of nitrogens with zero attached hydrogens (tertiary/aromatic N) is 1. The number of hydrogen-bond acceptors (Lipinski definition) is 5. The van der Waals surface area contributed by atoms with Gasteiger partial charge in [0.2, 0.25) is 5.75 Å². The van der Waals surface area contributed by atoms with Gasteiger partial charge >= 0.3 is 0 Å². The maximum atomic E-state index is 6.39. The van der Waals surface area contributed by atoms with Crippen molar-refractivity contribution in [2.24, 2.45) is 0 Å². The van der Waals surface area contributed by atoms with Gasteiger partial charge in [-0.15, -0.1) is 0 Å². The van der Waals surface area contributed by atoms with Crippen molar-refractivity contribution in [2.45, 2.75) is 19.1 Å². The summed E-state index contributed by atoms with van der Waals surface area (Å²) in [6.45, 7) is 4.33. The molecule has 1 fully saturated rings. The average molecular weight is 467 g/mol. The van der Waals surface area contributed by atoms with E-state index in [-0.39, 0.29) is 6.04 Å². The van der Waals surface area contributed by atoms with Crippen molar-refractivity contribution < 1.29 is 14.2 Å². The van der Waals surface area contributed by atoms with E-state index < -0.39 is 0 Å². The molecule has 3 aromatic rings. The molecule has 33 heavy (non-hydrogen) atoms. The second kappa shape index (κ2) is 11.4. The smallest absolute Gasteiger partial charge is 0.203 e. The molecule has 0 spiro atoms. The zero-order chi connectivity index (χ0) is 23.0. The van der Waals surface area contributed by atoms with E-state index in [1.807, 2.05) is 48.5 Å². The van der Waals surface area contributed by atoms with Crippen LogP contribution in [0.5, 0.6) is 17.2 Å². The molecule has 1 saturated heterocycles. The molecular formula is C27H31ClN2O3. The summed E-state index contributed by atoms with van der Waals surface area (Å²) < 4.78 is 17.7. The highest BCUT2D eigenvalue weighted by molar-refractivity contribution is 6.30. The van der Waals surface area contributed by atoms with E-state index in [0.717, 1.165) is 54.3 Å². The Morgan fingerprint density at radius 2 is 1.64 bits per heavy atom. The van der Waals surface area contributed by atoms with Gasteiger partial charge in [-0.25, -0.2) is 0 Å². The third-order valence-corrected chi connectivity index (χ3v) is 6.16. The first-order valence-corrected chi connectivity index (χ1v) is 11.7. The highest BCUT2D eigenvalue weighted by Crippen LogP contribution is 2.43. The molecule has 1 unspecified atom stereocenters. The monoisotopic (exact) mass is 466 g/mol. The van der Waals surface area contributed by atoms with Crippen LogP contribution in [0.25, 0.3) is 0 Å². The molecule has 1 heterocycles. The molecule has 0 saturated carbocycles. The first kappa shape index (κ1) is 23.4. The van der Waals surface area contributed by atoms with Gasteiger partial charge in [-0.2, -0.15) is 0 Å². The number of benzene rings is 3. The summed E-state index contributed by atoms with van der Waals surface area (Å²) in [4.78, 5) is 2.49. The van der Waals surface area contributed by atoms with Crippen molar-refractivity contribution in [1.29, 1.82) is 0 Å². The lowest BCUT2D eigenvalue weighted by molar-refractivity contribution is 0.237. The Morgan fingerprint density at radius 1 is 0.879 bits per heavy atom. The largest absolute Gasteiger partial charge is 0.493 e. The number of nitrogens with one attached hydrogen (secondary N) is 1. The van der Waals surface area contributed by atoms with E-state index in [2.05, 4.69) is 28.4 Å². The minimum atomic E-state index is 0.0228. The topological polar surface area (TPSA) is 43.0 Å². The summed E-state index contributed by atoms with van der Waals surface area (Å²) in [5.74, 6) is 1.91. The van der Waals surface area contributed by atoms with E-state index in [1.165, 1.54) is 0 Å². The van der Waals surface area contributed by atoms with Crippen LogP contribution in [-0.4, -0.2) is 45.3 Å². The first-order chi connectivity index (χ1) is 16.2. The van der Waals surface area contributed by atoms with Gasteiger partial charge in [-0.3, -0.25) is 4.90 Å². The summed E-state index contributed by atoms with van der Waals surface area (Å²) in [7, 11) is 3.33. The lowest BCUT2D eigenvalue weighted by Crippen LogP contribution is -2.33. The van der Waals surface area contributed by atoms with Crippen LogP contribution < -0.4 is 19.5 Å². The van der Waals surface area contributed by atoms with Crippen LogP contribution in [0.1, 0.15) is 29.2 Å². The van der Waals surface area contributed by atoms with E-state index >= 15 is 0 Å². The molecular weight excluding hydrogens is 436 g/mol. The minimum absolute atomic E-state index is 0.0228. The summed E-state index contributed by atoms with van der Waals surface area (Å²) in [5, 5.41) is 4.22. The zero-order valence-electron chi connectivity index (χ0n) is 19.2. The van der Waals surface area contributed by atoms with E-state index in [4.69, 9.17) is 25.8 Å². The maximum Gasteiger partial charge on any atom is 0.203 e. The lowest BCUT2D eigenvalue weighted by atomic mass is 9.96. The van der Waals surface area contributed by atoms with E-state index in [1.54, 1.807) is 14.2 Å². The predicted molar refractivity (Wildman–Crippen MR) is 133 cm³/mol. The minimum Gasteiger partial charge on any atom is -0.493 e. The molecule has 0 bridgehead atoms. The third kappa shape index (κ3) is 5.80. The summed E-state index contributed by atoms with van der Waals surface area (Å²) in [6, 6.07) is 22.3. The zero-order valence-corrected chi connectivity index (χ0v) is 20.0. The number of ether oxygens (including phenoxy) is 3. The standard InChI is InChI=1S/C27H31ClN2O3/c1-31-24-17-22(18-25(32-2)27(24)33-19-20-8-4-3-5-9-20)26(21-10-6-11-23(28)16-21)30-14-7-12-29-13-15-30/h3-6,8-11,16-18,26,29H,7,12-15,19H2,1-2H3. The Bertz CT molecular complexity index is 1010. The molecule has 5 nitrogen and oxygen atoms in total. The number of halogens is 1. The van der Waals surface area contributed by atoms with Crippen LogP contribution in [0.15, 0.2) is 66.7 Å². The molecule has 174 valence electrons. The van der Waals surface area contributed by atoms with Gasteiger partial charge in [-0.05, 0) is 53.9 Å². The fourth-order valence-electron chi connectivity index (χ4n) is 4.35. The fraction of sp³-hybridized carbons (Fsp3) is 0.333. The molecule has 1 aliphatic rings. The normalized spacial score (nSPS) is 15.5. The Kier molecular flexibility index (Phi) is 8.10. The predicted octanol–water partition coefficient (Wildman–Crippen LogP) is 5.32. The van der Waals surface area contributed by atoms with Crippen molar-refractivity contribution in [3.8, 4) is 17.2 Å². The third-order valence-electron chi connectivity index (χ3n) is 5.93. The Balaban J connectivity index is 1.73. The number of hydrogen-bond donors (Lipinski definition) is 1. The molecule has 1 atom stereocenters. The second-order valence-electron chi connectivity index (χ2n) is 8.13. The van der Waals surface area contributed by atoms with Crippen molar-refractivity contribution in [1.82, 2.24) is 10.2 Å². The quantitative estimate of drug-likeness (QED) is 0.486. The molecule has 6 heteroatoms. The van der Waals surface area contributed by atoms with Gasteiger partial charge < -0.3 is 19.5 Å². The molecule has 1 N–H and O–H groups in total. The Hall–Kier alpha value is -2.73. The van der Waals surface area contributed by atoms with Crippen LogP contribution >= 0.6 is 11.6 Å². The lowest BCUT2D eigenvalue weighted by Gasteiger charge is -2.32. The summed E-state index contributed by atoms with van der Waals surface area (Å²) in [5.41, 5.74) is 3.31. The van der Waals surface area contributed by atoms with Gasteiger partial charge in [0.05, 0.1) is 20.3 Å². The van der Waals surface area contributed by atoms with Gasteiger partial charge in [-0.1, -0.05) is 54.1 Å². The molecule has 4 rings (SSSR count). The molecule has 3 aromatic carbocycles. The average Bonchev–Trinajstić information content (AvgIpc) is 3.13. The highest BCUT2D eigenvalue weighted by Gasteiger charge is 2.26. The highest BCUT2D eigenvalue weighted by atomic mass is 35.5. The summed E-state index contributed by atoms with van der Waals surface area (Å²) in [6.07, 6.45) is 1.09. The van der Waals surface area contributed by atoms with Crippen molar-refractivity contribution in [2.75, 3.05) is 40.4 Å². The summed E-state index contributed by atoms with van der Waals surface area (Å²) >= 11 is 6.39. The molecule has 0 amide bonds. The van der Waals surface area contributed by atoms with E-state index in [9.17, 15) is 0 Å². The fourth-order valence-corrected chi connectivity index (χ4v) is 4.54. The van der Waals surface area contributed by atoms with Gasteiger partial charge in [0.25, 0.3) is 0 Å². The Morgan fingerprint density at radius 3 is 2.33 bits per heavy atom. The van der Waals surface area contributed by atoms with Crippen LogP contribution in [0.2, 0.25) is 5.02 Å². The van der Waals surface area contributed by atoms with Crippen molar-refractivity contribution in [3.63, 3.8) is 0 Å². The van der Waals surface area contributed by atoms with Crippen LogP contribution in [0, 0.1) is 0 Å². The number of rotatable bonds is 8. The Labute approximate surface area is 201 Å². The van der Waals surface area contributed by atoms with Crippen molar-refractivity contribution >= 4 is 11.6 Å². The van der Waals surface area contributed by atoms with E-state index in [0.29, 0.717) is 23.9 Å². The number of methoxy groups -OCH3 is 2. The molecule has 0 aromatic heterocycles. The van der Waals surface area contributed by atoms with Gasteiger partial charge in [0, 0.05) is 24.7 Å². The van der Waals surface area contributed by atoms with Crippen molar-refractivity contribution in [3.05, 3.63) is 88.4 Å². The van der Waals surface area contributed by atoms with Crippen LogP contribution in [0.4, 0.5) is 0 Å². The first-order valence-electron chi connectivity index (χ1n) is 11.3. The van der Waals surface area contributed by atoms with Crippen LogP contribution in [0.3, 0.4) is 0 Å². The van der Waals surface area contributed by atoms with Crippen LogP contribution in [-0.2, 0) is 6.61 Å². The van der Waals surface area contributed by atoms with Gasteiger partial charge in [0.15, 0.2) is 11.5 Å². The van der Waals surface area contributed by atoms with Gasteiger partial charge in [0.1, 0.15) is 6.61 Å². The molecule has 1 aliphatic heterocycles. The SMILES string of the molecule is COc1cc(C(c2cccc(Cl)c2)N2CCCNCC2)cc(OC)c1OCc1ccccc1.